The van der Waals surface area contributed by atoms with Gasteiger partial charge in [-0.05, 0) is 43.4 Å². The number of rotatable bonds is 3. The standard InChI is InChI=1S/C15H21NO2/c1-18-14-5-3-12(4-6-14)10-16-11-13(17)9-15(16)7-2-8-15/h3-6,13,17H,2,7-11H2,1H3. The first-order valence-electron chi connectivity index (χ1n) is 6.78. The van der Waals surface area contributed by atoms with Crippen LogP contribution in [0.5, 0.6) is 5.75 Å². The fraction of sp³-hybridized carbons (Fsp3) is 0.600. The van der Waals surface area contributed by atoms with Crippen LogP contribution in [0.1, 0.15) is 31.2 Å². The normalized spacial score (nSPS) is 26.2. The van der Waals surface area contributed by atoms with Gasteiger partial charge in [-0.3, -0.25) is 4.90 Å². The Bertz CT molecular complexity index is 411. The third kappa shape index (κ3) is 2.02. The van der Waals surface area contributed by atoms with Crippen molar-refractivity contribution in [3.8, 4) is 5.75 Å². The number of methoxy groups -OCH3 is 1. The highest BCUT2D eigenvalue weighted by atomic mass is 16.5. The number of likely N-dealkylation sites (tertiary alicyclic amines) is 1. The van der Waals surface area contributed by atoms with Gasteiger partial charge >= 0.3 is 0 Å². The molecule has 3 heteroatoms. The van der Waals surface area contributed by atoms with Crippen molar-refractivity contribution in [1.29, 1.82) is 0 Å². The summed E-state index contributed by atoms with van der Waals surface area (Å²) in [6.07, 6.45) is 4.64. The summed E-state index contributed by atoms with van der Waals surface area (Å²) in [5, 5.41) is 9.90. The Morgan fingerprint density at radius 2 is 2.06 bits per heavy atom. The van der Waals surface area contributed by atoms with E-state index >= 15 is 0 Å². The van der Waals surface area contributed by atoms with E-state index in [9.17, 15) is 5.11 Å². The van der Waals surface area contributed by atoms with E-state index in [1.165, 1.54) is 24.8 Å². The summed E-state index contributed by atoms with van der Waals surface area (Å²) in [7, 11) is 1.69. The molecule has 0 aromatic heterocycles. The molecule has 3 rings (SSSR count). The summed E-state index contributed by atoms with van der Waals surface area (Å²) < 4.78 is 5.18. The molecular weight excluding hydrogens is 226 g/mol. The molecule has 0 bridgehead atoms. The molecule has 1 unspecified atom stereocenters. The van der Waals surface area contributed by atoms with Crippen molar-refractivity contribution in [3.63, 3.8) is 0 Å². The predicted octanol–water partition coefficient (Wildman–Crippen LogP) is 2.18. The molecule has 1 N–H and O–H groups in total. The van der Waals surface area contributed by atoms with E-state index < -0.39 is 0 Å². The zero-order chi connectivity index (χ0) is 12.6. The minimum absolute atomic E-state index is 0.136. The summed E-state index contributed by atoms with van der Waals surface area (Å²) in [6.45, 7) is 1.77. The van der Waals surface area contributed by atoms with E-state index in [-0.39, 0.29) is 6.10 Å². The van der Waals surface area contributed by atoms with Crippen molar-refractivity contribution in [3.05, 3.63) is 29.8 Å². The lowest BCUT2D eigenvalue weighted by Gasteiger charge is -2.45. The second-order valence-electron chi connectivity index (χ2n) is 5.66. The highest BCUT2D eigenvalue weighted by Gasteiger charge is 2.48. The number of hydrogen-bond acceptors (Lipinski definition) is 3. The summed E-state index contributed by atoms with van der Waals surface area (Å²) in [5.41, 5.74) is 1.61. The Labute approximate surface area is 108 Å². The van der Waals surface area contributed by atoms with Gasteiger partial charge in [-0.1, -0.05) is 12.1 Å². The Hall–Kier alpha value is -1.06. The Morgan fingerprint density at radius 1 is 1.33 bits per heavy atom. The van der Waals surface area contributed by atoms with E-state index in [0.29, 0.717) is 5.54 Å². The van der Waals surface area contributed by atoms with Crippen molar-refractivity contribution in [2.24, 2.45) is 0 Å². The van der Waals surface area contributed by atoms with E-state index in [1.54, 1.807) is 7.11 Å². The minimum atomic E-state index is -0.136. The molecule has 98 valence electrons. The van der Waals surface area contributed by atoms with Crippen LogP contribution in [0.15, 0.2) is 24.3 Å². The molecule has 0 radical (unpaired) electrons. The molecular formula is C15H21NO2. The molecule has 1 atom stereocenters. The molecule has 1 heterocycles. The maximum absolute atomic E-state index is 9.90. The second-order valence-corrected chi connectivity index (χ2v) is 5.66. The van der Waals surface area contributed by atoms with Gasteiger partial charge in [0.1, 0.15) is 5.75 Å². The Morgan fingerprint density at radius 3 is 2.61 bits per heavy atom. The smallest absolute Gasteiger partial charge is 0.118 e. The first-order valence-corrected chi connectivity index (χ1v) is 6.78. The summed E-state index contributed by atoms with van der Waals surface area (Å²) in [6, 6.07) is 8.26. The lowest BCUT2D eigenvalue weighted by Crippen LogP contribution is -2.48. The lowest BCUT2D eigenvalue weighted by molar-refractivity contribution is 0.0494. The zero-order valence-corrected chi connectivity index (χ0v) is 10.9. The molecule has 1 spiro atoms. The van der Waals surface area contributed by atoms with Gasteiger partial charge in [0.2, 0.25) is 0 Å². The van der Waals surface area contributed by atoms with Crippen molar-refractivity contribution in [1.82, 2.24) is 4.90 Å². The maximum atomic E-state index is 9.90. The van der Waals surface area contributed by atoms with E-state index in [2.05, 4.69) is 17.0 Å². The Balaban J connectivity index is 1.71. The number of aliphatic hydroxyl groups is 1. The quantitative estimate of drug-likeness (QED) is 0.888. The summed E-state index contributed by atoms with van der Waals surface area (Å²) >= 11 is 0. The Kier molecular flexibility index (Phi) is 3.04. The van der Waals surface area contributed by atoms with E-state index in [4.69, 9.17) is 4.74 Å². The highest BCUT2D eigenvalue weighted by molar-refractivity contribution is 5.27. The molecule has 2 fully saturated rings. The van der Waals surface area contributed by atoms with Gasteiger partial charge in [-0.25, -0.2) is 0 Å². The van der Waals surface area contributed by atoms with Gasteiger partial charge < -0.3 is 9.84 Å². The SMILES string of the molecule is COc1ccc(CN2CC(O)CC23CCC3)cc1. The third-order valence-electron chi connectivity index (χ3n) is 4.53. The van der Waals surface area contributed by atoms with Crippen LogP contribution in [0.3, 0.4) is 0 Å². The average molecular weight is 247 g/mol. The number of aliphatic hydroxyl groups excluding tert-OH is 1. The highest BCUT2D eigenvalue weighted by Crippen LogP contribution is 2.46. The molecule has 2 aliphatic rings. The lowest BCUT2D eigenvalue weighted by atomic mass is 9.74. The third-order valence-corrected chi connectivity index (χ3v) is 4.53. The molecule has 1 saturated carbocycles. The van der Waals surface area contributed by atoms with E-state index in [1.807, 2.05) is 12.1 Å². The van der Waals surface area contributed by atoms with Crippen molar-refractivity contribution in [2.75, 3.05) is 13.7 Å². The zero-order valence-electron chi connectivity index (χ0n) is 10.9. The molecule has 18 heavy (non-hydrogen) atoms. The average Bonchev–Trinajstić information content (AvgIpc) is 2.67. The summed E-state index contributed by atoms with van der Waals surface area (Å²) in [5.74, 6) is 0.901. The van der Waals surface area contributed by atoms with Gasteiger partial charge in [-0.2, -0.15) is 0 Å². The topological polar surface area (TPSA) is 32.7 Å². The van der Waals surface area contributed by atoms with Crippen LogP contribution >= 0.6 is 0 Å². The molecule has 1 saturated heterocycles. The van der Waals surface area contributed by atoms with Crippen LogP contribution in [0, 0.1) is 0 Å². The van der Waals surface area contributed by atoms with Crippen molar-refractivity contribution >= 4 is 0 Å². The largest absolute Gasteiger partial charge is 0.497 e. The van der Waals surface area contributed by atoms with Gasteiger partial charge in [0.05, 0.1) is 13.2 Å². The molecule has 0 amide bonds. The fourth-order valence-corrected chi connectivity index (χ4v) is 3.37. The number of β-amino-alcohol motifs (C(OH)–C–C–N with tert-alkyl or cyclic N) is 1. The second kappa shape index (κ2) is 4.56. The number of ether oxygens (including phenoxy) is 1. The monoisotopic (exact) mass is 247 g/mol. The van der Waals surface area contributed by atoms with Crippen LogP contribution in [0.4, 0.5) is 0 Å². The van der Waals surface area contributed by atoms with Gasteiger partial charge in [0.25, 0.3) is 0 Å². The van der Waals surface area contributed by atoms with Gasteiger partial charge in [0.15, 0.2) is 0 Å². The first-order chi connectivity index (χ1) is 8.72. The van der Waals surface area contributed by atoms with Crippen molar-refractivity contribution in [2.45, 2.75) is 43.9 Å². The molecule has 1 aliphatic heterocycles. The minimum Gasteiger partial charge on any atom is -0.497 e. The number of nitrogens with zero attached hydrogens (tertiary/aromatic N) is 1. The van der Waals surface area contributed by atoms with Crippen LogP contribution in [0.2, 0.25) is 0 Å². The molecule has 1 aromatic rings. The fourth-order valence-electron chi connectivity index (χ4n) is 3.37. The maximum Gasteiger partial charge on any atom is 0.118 e. The van der Waals surface area contributed by atoms with E-state index in [0.717, 1.165) is 25.3 Å². The number of hydrogen-bond donors (Lipinski definition) is 1. The van der Waals surface area contributed by atoms with Crippen LogP contribution in [-0.4, -0.2) is 35.3 Å². The van der Waals surface area contributed by atoms with Gasteiger partial charge in [0, 0.05) is 18.6 Å². The van der Waals surface area contributed by atoms with Crippen molar-refractivity contribution < 1.29 is 9.84 Å². The molecule has 3 nitrogen and oxygen atoms in total. The van der Waals surface area contributed by atoms with Crippen LogP contribution in [-0.2, 0) is 6.54 Å². The molecule has 1 aliphatic carbocycles. The van der Waals surface area contributed by atoms with Gasteiger partial charge in [-0.15, -0.1) is 0 Å². The molecule has 1 aromatic carbocycles. The summed E-state index contributed by atoms with van der Waals surface area (Å²) in [4.78, 5) is 2.48. The predicted molar refractivity (Wildman–Crippen MR) is 70.6 cm³/mol. The van der Waals surface area contributed by atoms with Crippen LogP contribution < -0.4 is 4.74 Å². The number of benzene rings is 1. The first kappa shape index (κ1) is 12.0. The van der Waals surface area contributed by atoms with Crippen LogP contribution in [0.25, 0.3) is 0 Å².